The van der Waals surface area contributed by atoms with Crippen LogP contribution in [0.25, 0.3) is 12.2 Å². The van der Waals surface area contributed by atoms with Gasteiger partial charge >= 0.3 is 0 Å². The third kappa shape index (κ3) is 5.86. The van der Waals surface area contributed by atoms with E-state index in [2.05, 4.69) is 21.7 Å². The highest BCUT2D eigenvalue weighted by atomic mass is 19.1. The summed E-state index contributed by atoms with van der Waals surface area (Å²) < 4.78 is 56.1. The molecule has 9 nitrogen and oxygen atoms in total. The average Bonchev–Trinajstić information content (AvgIpc) is 3.27. The molecule has 0 fully saturated rings. The van der Waals surface area contributed by atoms with E-state index in [-0.39, 0.29) is 48.6 Å². The maximum Gasteiger partial charge on any atom is 0.215 e. The van der Waals surface area contributed by atoms with Gasteiger partial charge < -0.3 is 18.9 Å². The number of benzene rings is 1. The zero-order valence-electron chi connectivity index (χ0n) is 22.6. The molecule has 1 aromatic carbocycles. The van der Waals surface area contributed by atoms with Crippen LogP contribution in [-0.4, -0.2) is 72.6 Å². The highest BCUT2D eigenvalue weighted by molar-refractivity contribution is 5.80. The highest BCUT2D eigenvalue weighted by Crippen LogP contribution is 2.41. The van der Waals surface area contributed by atoms with Crippen LogP contribution < -0.4 is 4.74 Å². The van der Waals surface area contributed by atoms with Gasteiger partial charge in [-0.15, -0.1) is 0 Å². The van der Waals surface area contributed by atoms with Crippen molar-refractivity contribution in [1.29, 1.82) is 0 Å². The average molecular weight is 557 g/mol. The molecule has 0 radical (unpaired) electrons. The first kappa shape index (κ1) is 28.8. The molecular weight excluding hydrogens is 525 g/mol. The molecule has 1 aromatic heterocycles. The van der Waals surface area contributed by atoms with Crippen LogP contribution in [0.15, 0.2) is 51.9 Å². The Hall–Kier alpha value is -4.19. The monoisotopic (exact) mass is 556 g/mol. The SMILES string of the molecule is C=N/C(=C(\C=N/Cn1cnc2c1C=C(F)C(C)C=C2)N(C)CCOC)N(C=O)[C@@H]1CCOc2c(F)ccc(F)c21. The molecule has 40 heavy (non-hydrogen) atoms. The number of allylic oxidation sites excluding steroid dienone is 3. The van der Waals surface area contributed by atoms with E-state index < -0.39 is 17.7 Å². The molecule has 12 heteroatoms. The van der Waals surface area contributed by atoms with Gasteiger partial charge in [0.15, 0.2) is 17.4 Å². The number of rotatable bonds is 11. The van der Waals surface area contributed by atoms with Gasteiger partial charge in [0.2, 0.25) is 6.41 Å². The molecule has 1 unspecified atom stereocenters. The molecule has 0 saturated heterocycles. The summed E-state index contributed by atoms with van der Waals surface area (Å²) in [5.41, 5.74) is 1.50. The summed E-state index contributed by atoms with van der Waals surface area (Å²) in [6.07, 6.45) is 8.70. The molecule has 2 atom stereocenters. The molecule has 0 spiro atoms. The second kappa shape index (κ2) is 12.8. The lowest BCUT2D eigenvalue weighted by molar-refractivity contribution is -0.119. The topological polar surface area (TPSA) is 84.6 Å². The third-order valence-electron chi connectivity index (χ3n) is 6.79. The van der Waals surface area contributed by atoms with Gasteiger partial charge in [0.05, 0.1) is 54.4 Å². The second-order valence-corrected chi connectivity index (χ2v) is 9.33. The number of ether oxygens (including phenoxy) is 2. The van der Waals surface area contributed by atoms with E-state index in [1.165, 1.54) is 17.2 Å². The van der Waals surface area contributed by atoms with E-state index in [0.717, 1.165) is 12.1 Å². The van der Waals surface area contributed by atoms with E-state index in [0.29, 0.717) is 36.6 Å². The Morgan fingerprint density at radius 2 is 2.10 bits per heavy atom. The number of aliphatic imine (C=N–C) groups is 2. The summed E-state index contributed by atoms with van der Waals surface area (Å²) in [5.74, 6) is -2.23. The summed E-state index contributed by atoms with van der Waals surface area (Å²) in [6.45, 7) is 6.30. The minimum Gasteiger partial charge on any atom is -0.490 e. The highest BCUT2D eigenvalue weighted by Gasteiger charge is 2.34. The van der Waals surface area contributed by atoms with Crippen LogP contribution in [0.5, 0.6) is 5.75 Å². The molecule has 0 bridgehead atoms. The largest absolute Gasteiger partial charge is 0.490 e. The normalized spacial score (nSPS) is 18.7. The van der Waals surface area contributed by atoms with Gasteiger partial charge in [0.25, 0.3) is 0 Å². The van der Waals surface area contributed by atoms with Crippen molar-refractivity contribution >= 4 is 31.5 Å². The maximum absolute atomic E-state index is 14.9. The van der Waals surface area contributed by atoms with Crippen LogP contribution in [0.3, 0.4) is 0 Å². The maximum atomic E-state index is 14.9. The summed E-state index contributed by atoms with van der Waals surface area (Å²) in [6, 6.07) is 1.08. The van der Waals surface area contributed by atoms with Gasteiger partial charge in [-0.2, -0.15) is 0 Å². The Morgan fingerprint density at radius 1 is 1.32 bits per heavy atom. The fourth-order valence-electron chi connectivity index (χ4n) is 4.55. The summed E-state index contributed by atoms with van der Waals surface area (Å²) in [4.78, 5) is 28.4. The number of aromatic nitrogens is 2. The minimum absolute atomic E-state index is 0.0681. The molecule has 2 aliphatic rings. The van der Waals surface area contributed by atoms with Crippen molar-refractivity contribution in [2.75, 3.05) is 33.9 Å². The van der Waals surface area contributed by atoms with E-state index in [4.69, 9.17) is 9.47 Å². The van der Waals surface area contributed by atoms with Crippen LogP contribution in [0, 0.1) is 17.6 Å². The summed E-state index contributed by atoms with van der Waals surface area (Å²) in [5, 5.41) is 0. The van der Waals surface area contributed by atoms with Gasteiger partial charge in [-0.3, -0.25) is 14.7 Å². The number of nitrogens with zero attached hydrogens (tertiary/aromatic N) is 6. The number of fused-ring (bicyclic) bond motifs is 2. The minimum atomic E-state index is -0.900. The number of methoxy groups -OCH3 is 1. The Morgan fingerprint density at radius 3 is 2.83 bits per heavy atom. The molecule has 2 aromatic rings. The Kier molecular flexibility index (Phi) is 9.20. The van der Waals surface area contributed by atoms with E-state index in [9.17, 15) is 18.0 Å². The fourth-order valence-corrected chi connectivity index (χ4v) is 4.55. The van der Waals surface area contributed by atoms with E-state index >= 15 is 0 Å². The number of hydrogen-bond donors (Lipinski definition) is 0. The molecular formula is C28H31F3N6O3. The lowest BCUT2D eigenvalue weighted by Gasteiger charge is -2.35. The first-order chi connectivity index (χ1) is 19.3. The predicted octanol–water partition coefficient (Wildman–Crippen LogP) is 4.59. The lowest BCUT2D eigenvalue weighted by Crippen LogP contribution is -2.35. The second-order valence-electron chi connectivity index (χ2n) is 9.33. The zero-order chi connectivity index (χ0) is 28.8. The molecule has 4 rings (SSSR count). The van der Waals surface area contributed by atoms with Gasteiger partial charge in [-0.1, -0.05) is 13.0 Å². The lowest BCUT2D eigenvalue weighted by atomic mass is 9.98. The predicted molar refractivity (Wildman–Crippen MR) is 146 cm³/mol. The van der Waals surface area contributed by atoms with Gasteiger partial charge in [-0.05, 0) is 31.0 Å². The number of imidazole rings is 1. The van der Waals surface area contributed by atoms with Crippen LogP contribution >= 0.6 is 0 Å². The van der Waals surface area contributed by atoms with E-state index in [1.807, 2.05) is 0 Å². The Labute approximate surface area is 230 Å². The molecule has 1 aliphatic heterocycles. The zero-order valence-corrected chi connectivity index (χ0v) is 22.6. The molecule has 0 N–H and O–H groups in total. The van der Waals surface area contributed by atoms with E-state index in [1.54, 1.807) is 49.0 Å². The van der Waals surface area contributed by atoms with Crippen molar-refractivity contribution in [3.8, 4) is 5.75 Å². The van der Waals surface area contributed by atoms with Gasteiger partial charge in [0.1, 0.15) is 18.3 Å². The van der Waals surface area contributed by atoms with Crippen molar-refractivity contribution in [3.63, 3.8) is 0 Å². The van der Waals surface area contributed by atoms with Gasteiger partial charge in [-0.25, -0.2) is 23.1 Å². The number of carbonyl (C=O) groups excluding carboxylic acids is 1. The van der Waals surface area contributed by atoms with Crippen molar-refractivity contribution in [2.24, 2.45) is 15.9 Å². The number of hydrogen-bond acceptors (Lipinski definition) is 7. The summed E-state index contributed by atoms with van der Waals surface area (Å²) in [7, 11) is 3.30. The van der Waals surface area contributed by atoms with Crippen molar-refractivity contribution in [3.05, 3.63) is 70.5 Å². The van der Waals surface area contributed by atoms with Crippen LogP contribution in [-0.2, 0) is 16.2 Å². The smallest absolute Gasteiger partial charge is 0.215 e. The molecule has 1 aliphatic carbocycles. The molecule has 0 saturated carbocycles. The molecule has 2 heterocycles. The first-order valence-corrected chi connectivity index (χ1v) is 12.7. The number of likely N-dealkylation sites (N-methyl/N-ethyl adjacent to an activating group) is 1. The molecule has 212 valence electrons. The first-order valence-electron chi connectivity index (χ1n) is 12.7. The van der Waals surface area contributed by atoms with Crippen molar-refractivity contribution < 1.29 is 27.4 Å². The van der Waals surface area contributed by atoms with Crippen molar-refractivity contribution in [2.45, 2.75) is 26.1 Å². The Balaban J connectivity index is 1.73. The van der Waals surface area contributed by atoms with Gasteiger partial charge in [0, 0.05) is 33.0 Å². The standard InChI is InChI=1S/C28H31F3N6O3/c1-18-5-8-22-24(13-21(18)31)36(16-34-22)15-33-14-25(35(3)10-12-39-4)28(32-2)37(17-38)23-9-11-40-27-20(30)7-6-19(29)26(23)27/h5-8,13-14,16-18,23H,2,9-12,15H2,1,3-4H3/b28-25-,33-14-/t18?,23-/m1/s1. The number of amides is 1. The number of halogens is 3. The summed E-state index contributed by atoms with van der Waals surface area (Å²) >= 11 is 0. The van der Waals surface area contributed by atoms with Crippen LogP contribution in [0.1, 0.15) is 36.3 Å². The Bertz CT molecular complexity index is 1380. The van der Waals surface area contributed by atoms with Crippen LogP contribution in [0.4, 0.5) is 13.2 Å². The fraction of sp³-hybridized carbons (Fsp3) is 0.357. The molecule has 1 amide bonds. The quantitative estimate of drug-likeness (QED) is 0.299. The van der Waals surface area contributed by atoms with Crippen molar-refractivity contribution in [1.82, 2.24) is 19.4 Å². The third-order valence-corrected chi connectivity index (χ3v) is 6.79. The number of carbonyl (C=O) groups is 1. The van der Waals surface area contributed by atoms with Crippen LogP contribution in [0.2, 0.25) is 0 Å².